The summed E-state index contributed by atoms with van der Waals surface area (Å²) in [6.07, 6.45) is 10.2. The summed E-state index contributed by atoms with van der Waals surface area (Å²) in [6, 6.07) is 5.61. The molecule has 7 nitrogen and oxygen atoms in total. The van der Waals surface area contributed by atoms with Crippen LogP contribution in [0.25, 0.3) is 0 Å². The average molecular weight is 470 g/mol. The zero-order valence-corrected chi connectivity index (χ0v) is 19.6. The Balaban J connectivity index is 1.15. The van der Waals surface area contributed by atoms with Crippen molar-refractivity contribution in [2.45, 2.75) is 64.0 Å². The third-order valence-electron chi connectivity index (χ3n) is 7.27. The molecular weight excluding hydrogens is 438 g/mol. The Morgan fingerprint density at radius 1 is 1.21 bits per heavy atom. The van der Waals surface area contributed by atoms with E-state index >= 15 is 0 Å². The lowest BCUT2D eigenvalue weighted by molar-refractivity contribution is -0.138. The summed E-state index contributed by atoms with van der Waals surface area (Å²) in [4.78, 5) is 27.7. The number of carbonyl (C=O) groups excluding carboxylic acids is 2. The minimum atomic E-state index is -0.151. The summed E-state index contributed by atoms with van der Waals surface area (Å²) in [5.74, 6) is 1.34. The van der Waals surface area contributed by atoms with E-state index in [4.69, 9.17) is 21.7 Å². The lowest BCUT2D eigenvalue weighted by atomic mass is 9.76. The number of nitrogens with zero attached hydrogens (tertiary/aromatic N) is 1. The topological polar surface area (TPSA) is 79.9 Å². The Hall–Kier alpha value is -2.61. The molecule has 2 fully saturated rings. The highest BCUT2D eigenvalue weighted by atomic mass is 32.1. The average Bonchev–Trinajstić information content (AvgIpc) is 3.30. The summed E-state index contributed by atoms with van der Waals surface area (Å²) in [6.45, 7) is 1.31. The van der Waals surface area contributed by atoms with Gasteiger partial charge in [0, 0.05) is 18.5 Å². The monoisotopic (exact) mass is 469 g/mol. The molecule has 3 unspecified atom stereocenters. The van der Waals surface area contributed by atoms with E-state index in [0.717, 1.165) is 30.6 Å². The number of hydrogen-bond donors (Lipinski definition) is 2. The molecule has 2 N–H and O–H groups in total. The number of thiocarbonyl (C=S) groups is 1. The predicted octanol–water partition coefficient (Wildman–Crippen LogP) is 3.42. The fourth-order valence-corrected chi connectivity index (χ4v) is 5.70. The van der Waals surface area contributed by atoms with Crippen molar-refractivity contribution >= 4 is 29.1 Å². The molecule has 33 heavy (non-hydrogen) atoms. The molecule has 0 radical (unpaired) electrons. The normalized spacial score (nSPS) is 26.4. The van der Waals surface area contributed by atoms with Crippen LogP contribution in [-0.2, 0) is 16.1 Å². The van der Waals surface area contributed by atoms with Crippen molar-refractivity contribution in [2.24, 2.45) is 11.8 Å². The van der Waals surface area contributed by atoms with Gasteiger partial charge in [-0.1, -0.05) is 17.7 Å². The molecule has 4 aliphatic rings. The third kappa shape index (κ3) is 4.86. The van der Waals surface area contributed by atoms with Crippen LogP contribution in [-0.4, -0.2) is 41.2 Å². The highest BCUT2D eigenvalue weighted by molar-refractivity contribution is 7.80. The Morgan fingerprint density at radius 3 is 2.94 bits per heavy atom. The highest BCUT2D eigenvalue weighted by Gasteiger charge is 2.44. The molecule has 3 atom stereocenters. The molecule has 5 rings (SSSR count). The van der Waals surface area contributed by atoms with Crippen LogP contribution in [0.4, 0.5) is 0 Å². The van der Waals surface area contributed by atoms with Gasteiger partial charge < -0.3 is 20.1 Å². The molecule has 1 saturated heterocycles. The first-order valence-electron chi connectivity index (χ1n) is 12.0. The lowest BCUT2D eigenvalue weighted by Crippen LogP contribution is -2.61. The number of nitrogens with one attached hydrogen (secondary N) is 2. The summed E-state index contributed by atoms with van der Waals surface area (Å²) >= 11 is 5.55. The first-order chi connectivity index (χ1) is 16.1. The molecular formula is C25H31N3O4S. The third-order valence-corrected chi connectivity index (χ3v) is 7.60. The molecule has 0 aromatic heterocycles. The molecule has 1 saturated carbocycles. The predicted molar refractivity (Wildman–Crippen MR) is 128 cm³/mol. The molecule has 2 amide bonds. The maximum Gasteiger partial charge on any atom is 0.234 e. The van der Waals surface area contributed by atoms with Crippen molar-refractivity contribution < 1.29 is 19.1 Å². The number of rotatable bonds is 6. The Bertz CT molecular complexity index is 978. The van der Waals surface area contributed by atoms with Gasteiger partial charge in [0.05, 0.1) is 12.5 Å². The number of carbonyl (C=O) groups is 2. The first kappa shape index (κ1) is 22.2. The number of ether oxygens (including phenoxy) is 2. The van der Waals surface area contributed by atoms with E-state index in [9.17, 15) is 9.59 Å². The maximum atomic E-state index is 13.3. The summed E-state index contributed by atoms with van der Waals surface area (Å²) in [5, 5.41) is 6.91. The largest absolute Gasteiger partial charge is 0.454 e. The molecule has 2 aliphatic carbocycles. The first-order valence-corrected chi connectivity index (χ1v) is 12.5. The smallest absolute Gasteiger partial charge is 0.234 e. The fraction of sp³-hybridized carbons (Fsp3) is 0.560. The van der Waals surface area contributed by atoms with E-state index in [-0.39, 0.29) is 36.5 Å². The van der Waals surface area contributed by atoms with E-state index < -0.39 is 0 Å². The Morgan fingerprint density at radius 2 is 2.09 bits per heavy atom. The highest BCUT2D eigenvalue weighted by Crippen LogP contribution is 2.36. The zero-order chi connectivity index (χ0) is 22.8. The molecule has 8 heteroatoms. The van der Waals surface area contributed by atoms with Gasteiger partial charge in [-0.25, -0.2) is 0 Å². The molecule has 1 aromatic rings. The van der Waals surface area contributed by atoms with Gasteiger partial charge in [-0.15, -0.1) is 0 Å². The van der Waals surface area contributed by atoms with Gasteiger partial charge in [-0.05, 0) is 81.3 Å². The second-order valence-electron chi connectivity index (χ2n) is 9.43. The number of amides is 2. The standard InChI is InChI=1S/C25H31N3O4S/c29-23(26-11-10-16-4-2-1-3-5-16)18-7-8-19-20(13-18)27-25(33)28(24(19)30)14-17-6-9-21-22(12-17)32-15-31-21/h4,6,9,12,18-20H,1-3,5,7-8,10-11,13-15H2,(H,26,29)(H,27,33). The molecule has 0 bridgehead atoms. The van der Waals surface area contributed by atoms with Crippen molar-refractivity contribution in [3.05, 3.63) is 35.4 Å². The fourth-order valence-electron chi connectivity index (χ4n) is 5.39. The van der Waals surface area contributed by atoms with Crippen molar-refractivity contribution in [1.82, 2.24) is 15.5 Å². The second kappa shape index (κ2) is 9.71. The van der Waals surface area contributed by atoms with Crippen LogP contribution in [0.5, 0.6) is 11.5 Å². The van der Waals surface area contributed by atoms with E-state index in [1.54, 1.807) is 4.90 Å². The quantitative estimate of drug-likeness (QED) is 0.491. The number of allylic oxidation sites excluding steroid dienone is 1. The van der Waals surface area contributed by atoms with Crippen LogP contribution in [0.3, 0.4) is 0 Å². The van der Waals surface area contributed by atoms with E-state index in [2.05, 4.69) is 16.7 Å². The van der Waals surface area contributed by atoms with Crippen molar-refractivity contribution in [2.75, 3.05) is 13.3 Å². The van der Waals surface area contributed by atoms with E-state index in [1.165, 1.54) is 24.8 Å². The molecule has 2 heterocycles. The van der Waals surface area contributed by atoms with Gasteiger partial charge in [0.15, 0.2) is 16.6 Å². The Kier molecular flexibility index (Phi) is 6.53. The lowest BCUT2D eigenvalue weighted by Gasteiger charge is -2.43. The second-order valence-corrected chi connectivity index (χ2v) is 9.82. The van der Waals surface area contributed by atoms with Gasteiger partial charge in [-0.2, -0.15) is 0 Å². The zero-order valence-electron chi connectivity index (χ0n) is 18.8. The van der Waals surface area contributed by atoms with Gasteiger partial charge in [0.25, 0.3) is 0 Å². The molecule has 1 aromatic carbocycles. The molecule has 2 aliphatic heterocycles. The van der Waals surface area contributed by atoms with Crippen molar-refractivity contribution in [1.29, 1.82) is 0 Å². The van der Waals surface area contributed by atoms with Crippen molar-refractivity contribution in [3.8, 4) is 11.5 Å². The Labute approximate surface area is 199 Å². The molecule has 0 spiro atoms. The number of benzene rings is 1. The minimum absolute atomic E-state index is 0.0458. The van der Waals surface area contributed by atoms with Crippen molar-refractivity contribution in [3.63, 3.8) is 0 Å². The summed E-state index contributed by atoms with van der Waals surface area (Å²) in [5.41, 5.74) is 2.41. The van der Waals surface area contributed by atoms with Gasteiger partial charge >= 0.3 is 0 Å². The number of fused-ring (bicyclic) bond motifs is 2. The van der Waals surface area contributed by atoms with Gasteiger partial charge in [0.2, 0.25) is 18.6 Å². The van der Waals surface area contributed by atoms with Gasteiger partial charge in [-0.3, -0.25) is 14.5 Å². The van der Waals surface area contributed by atoms with Crippen LogP contribution in [0.15, 0.2) is 29.8 Å². The summed E-state index contributed by atoms with van der Waals surface area (Å²) in [7, 11) is 0. The minimum Gasteiger partial charge on any atom is -0.454 e. The van der Waals surface area contributed by atoms with Crippen LogP contribution < -0.4 is 20.1 Å². The SMILES string of the molecule is O=C(NCCC1=CCCCC1)C1CCC2C(=O)N(Cc3ccc4c(c3)OCO4)C(=S)NC2C1. The maximum absolute atomic E-state index is 13.3. The van der Waals surface area contributed by atoms with E-state index in [0.29, 0.717) is 36.8 Å². The van der Waals surface area contributed by atoms with E-state index in [1.807, 2.05) is 18.2 Å². The van der Waals surface area contributed by atoms with Crippen LogP contribution in [0.1, 0.15) is 56.9 Å². The van der Waals surface area contributed by atoms with Crippen LogP contribution in [0.2, 0.25) is 0 Å². The summed E-state index contributed by atoms with van der Waals surface area (Å²) < 4.78 is 10.8. The van der Waals surface area contributed by atoms with Gasteiger partial charge in [0.1, 0.15) is 0 Å². The molecule has 176 valence electrons. The van der Waals surface area contributed by atoms with Crippen LogP contribution >= 0.6 is 12.2 Å². The number of hydrogen-bond acceptors (Lipinski definition) is 5. The van der Waals surface area contributed by atoms with Crippen LogP contribution in [0, 0.1) is 11.8 Å².